The van der Waals surface area contributed by atoms with E-state index in [1.807, 2.05) is 11.3 Å². The van der Waals surface area contributed by atoms with Crippen LogP contribution >= 0.6 is 11.3 Å². The van der Waals surface area contributed by atoms with Gasteiger partial charge in [-0.3, -0.25) is 0 Å². The van der Waals surface area contributed by atoms with Gasteiger partial charge in [0.2, 0.25) is 0 Å². The predicted octanol–water partition coefficient (Wildman–Crippen LogP) is 13.6. The van der Waals surface area contributed by atoms with E-state index < -0.39 is 5.41 Å². The third-order valence-electron chi connectivity index (χ3n) is 10.6. The molecule has 8 aromatic carbocycles. The van der Waals surface area contributed by atoms with Crippen molar-refractivity contribution in [1.29, 1.82) is 0 Å². The molecule has 10 rings (SSSR count). The second-order valence-electron chi connectivity index (χ2n) is 13.2. The molecule has 0 N–H and O–H groups in total. The molecule has 1 heterocycles. The highest BCUT2D eigenvalue weighted by Crippen LogP contribution is 2.57. The largest absolute Gasteiger partial charge is 0.310 e. The zero-order chi connectivity index (χ0) is 33.8. The summed E-state index contributed by atoms with van der Waals surface area (Å²) in [6.07, 6.45) is 0. The highest BCUT2D eigenvalue weighted by molar-refractivity contribution is 7.26. The van der Waals surface area contributed by atoms with Gasteiger partial charge in [0.1, 0.15) is 0 Å². The van der Waals surface area contributed by atoms with Crippen LogP contribution in [0.25, 0.3) is 42.4 Å². The smallest absolute Gasteiger partial charge is 0.0714 e. The first kappa shape index (κ1) is 29.7. The van der Waals surface area contributed by atoms with Crippen LogP contribution in [0.1, 0.15) is 22.3 Å². The normalized spacial score (nSPS) is 12.9. The molecule has 0 saturated heterocycles. The fourth-order valence-corrected chi connectivity index (χ4v) is 9.64. The molecule has 51 heavy (non-hydrogen) atoms. The fourth-order valence-electron chi connectivity index (χ4n) is 8.47. The van der Waals surface area contributed by atoms with Gasteiger partial charge in [-0.25, -0.2) is 0 Å². The SMILES string of the molecule is c1ccc(N(c2ccccc2)c2ccccc2-c2cccc3sc4cc(C5(c6ccccc6)c6ccccc6-c6ccccc65)ccc4c23)cc1. The average molecular weight is 668 g/mol. The Bertz CT molecular complexity index is 2610. The second kappa shape index (κ2) is 12.0. The van der Waals surface area contributed by atoms with Gasteiger partial charge in [-0.2, -0.15) is 0 Å². The van der Waals surface area contributed by atoms with E-state index >= 15 is 0 Å². The van der Waals surface area contributed by atoms with Crippen LogP contribution in [0.15, 0.2) is 200 Å². The van der Waals surface area contributed by atoms with E-state index in [1.165, 1.54) is 64.7 Å². The van der Waals surface area contributed by atoms with Crippen molar-refractivity contribution in [3.63, 3.8) is 0 Å². The van der Waals surface area contributed by atoms with Gasteiger partial charge in [-0.05, 0) is 81.4 Å². The Balaban J connectivity index is 1.21. The number of para-hydroxylation sites is 3. The Kier molecular flexibility index (Phi) is 6.97. The van der Waals surface area contributed by atoms with Gasteiger partial charge in [0.15, 0.2) is 0 Å². The minimum atomic E-state index is -0.417. The number of fused-ring (bicyclic) bond motifs is 6. The highest BCUT2D eigenvalue weighted by Gasteiger charge is 2.46. The number of hydrogen-bond acceptors (Lipinski definition) is 2. The maximum absolute atomic E-state index is 2.47. The third kappa shape index (κ3) is 4.54. The molecular formula is C49H33NS. The van der Waals surface area contributed by atoms with Crippen molar-refractivity contribution < 1.29 is 0 Å². The molecule has 0 bridgehead atoms. The van der Waals surface area contributed by atoms with Crippen molar-refractivity contribution in [1.82, 2.24) is 0 Å². The summed E-state index contributed by atoms with van der Waals surface area (Å²) in [7, 11) is 0. The van der Waals surface area contributed by atoms with Crippen molar-refractivity contribution in [2.24, 2.45) is 0 Å². The van der Waals surface area contributed by atoms with Gasteiger partial charge in [0.25, 0.3) is 0 Å². The summed E-state index contributed by atoms with van der Waals surface area (Å²) in [6.45, 7) is 0. The molecule has 9 aromatic rings. The lowest BCUT2D eigenvalue weighted by atomic mass is 9.67. The van der Waals surface area contributed by atoms with Crippen LogP contribution in [-0.2, 0) is 5.41 Å². The summed E-state index contributed by atoms with van der Waals surface area (Å²) in [5.41, 5.74) is 13.3. The van der Waals surface area contributed by atoms with Crippen LogP contribution in [0, 0.1) is 0 Å². The molecule has 0 atom stereocenters. The molecule has 0 aliphatic heterocycles. The van der Waals surface area contributed by atoms with Crippen LogP contribution in [0.3, 0.4) is 0 Å². The number of nitrogens with zero attached hydrogens (tertiary/aromatic N) is 1. The Hall–Kier alpha value is -6.22. The van der Waals surface area contributed by atoms with E-state index in [-0.39, 0.29) is 0 Å². The molecule has 0 radical (unpaired) electrons. The molecule has 0 spiro atoms. The standard InChI is InChI=1S/C49H33NS/c1-4-17-34(18-5-1)49(43-27-13-10-23-38(43)39-24-11-14-28-44(39)49)35-31-32-42-47(33-35)51-46-30-16-26-41(48(42)46)40-25-12-15-29-45(40)50(36-19-6-2-7-20-36)37-21-8-3-9-22-37/h1-33H. The van der Waals surface area contributed by atoms with Crippen LogP contribution in [0.2, 0.25) is 0 Å². The Labute approximate surface area is 302 Å². The molecule has 1 aliphatic carbocycles. The van der Waals surface area contributed by atoms with Crippen LogP contribution in [-0.4, -0.2) is 0 Å². The molecule has 1 aromatic heterocycles. The van der Waals surface area contributed by atoms with Crippen LogP contribution < -0.4 is 4.90 Å². The van der Waals surface area contributed by atoms with Crippen molar-refractivity contribution in [2.75, 3.05) is 4.90 Å². The van der Waals surface area contributed by atoms with Crippen molar-refractivity contribution in [2.45, 2.75) is 5.41 Å². The number of hydrogen-bond donors (Lipinski definition) is 0. The lowest BCUT2D eigenvalue weighted by molar-refractivity contribution is 0.770. The van der Waals surface area contributed by atoms with Gasteiger partial charge >= 0.3 is 0 Å². The molecule has 240 valence electrons. The van der Waals surface area contributed by atoms with E-state index in [9.17, 15) is 0 Å². The molecule has 1 aliphatic rings. The number of rotatable bonds is 6. The zero-order valence-electron chi connectivity index (χ0n) is 27.9. The first-order valence-electron chi connectivity index (χ1n) is 17.5. The summed E-state index contributed by atoms with van der Waals surface area (Å²) in [4.78, 5) is 2.37. The molecule has 0 unspecified atom stereocenters. The molecule has 2 heteroatoms. The van der Waals surface area contributed by atoms with Crippen molar-refractivity contribution in [3.8, 4) is 22.3 Å². The van der Waals surface area contributed by atoms with Gasteiger partial charge in [0, 0.05) is 37.1 Å². The first-order valence-corrected chi connectivity index (χ1v) is 18.3. The van der Waals surface area contributed by atoms with E-state index in [0.29, 0.717) is 0 Å². The quantitative estimate of drug-likeness (QED) is 0.171. The maximum Gasteiger partial charge on any atom is 0.0714 e. The van der Waals surface area contributed by atoms with Gasteiger partial charge < -0.3 is 4.90 Å². The van der Waals surface area contributed by atoms with Gasteiger partial charge in [0.05, 0.1) is 11.1 Å². The molecule has 0 amide bonds. The Morgan fingerprint density at radius 2 is 0.902 bits per heavy atom. The topological polar surface area (TPSA) is 3.24 Å². The molecular weight excluding hydrogens is 635 g/mol. The molecule has 0 saturated carbocycles. The monoisotopic (exact) mass is 667 g/mol. The average Bonchev–Trinajstić information content (AvgIpc) is 3.73. The zero-order valence-corrected chi connectivity index (χ0v) is 28.7. The highest BCUT2D eigenvalue weighted by atomic mass is 32.1. The Morgan fingerprint density at radius 3 is 1.55 bits per heavy atom. The van der Waals surface area contributed by atoms with E-state index in [0.717, 1.165) is 17.1 Å². The lowest BCUT2D eigenvalue weighted by Gasteiger charge is -2.33. The van der Waals surface area contributed by atoms with E-state index in [1.54, 1.807) is 0 Å². The minimum absolute atomic E-state index is 0.417. The van der Waals surface area contributed by atoms with E-state index in [4.69, 9.17) is 0 Å². The minimum Gasteiger partial charge on any atom is -0.310 e. The van der Waals surface area contributed by atoms with Crippen molar-refractivity contribution >= 4 is 48.6 Å². The number of benzene rings is 8. The number of anilines is 3. The molecule has 1 nitrogen and oxygen atoms in total. The first-order chi connectivity index (χ1) is 25.3. The van der Waals surface area contributed by atoms with Crippen LogP contribution in [0.4, 0.5) is 17.1 Å². The van der Waals surface area contributed by atoms with Gasteiger partial charge in [-0.15, -0.1) is 11.3 Å². The van der Waals surface area contributed by atoms with E-state index in [2.05, 4.69) is 205 Å². The summed E-state index contributed by atoms with van der Waals surface area (Å²) < 4.78 is 2.59. The van der Waals surface area contributed by atoms with Crippen LogP contribution in [0.5, 0.6) is 0 Å². The molecule has 0 fully saturated rings. The summed E-state index contributed by atoms with van der Waals surface area (Å²) >= 11 is 1.89. The Morgan fingerprint density at radius 1 is 0.373 bits per heavy atom. The fraction of sp³-hybridized carbons (Fsp3) is 0.0204. The summed E-state index contributed by atoms with van der Waals surface area (Å²) in [5, 5.41) is 2.59. The summed E-state index contributed by atoms with van der Waals surface area (Å²) in [6, 6.07) is 73.3. The second-order valence-corrected chi connectivity index (χ2v) is 14.3. The maximum atomic E-state index is 2.47. The predicted molar refractivity (Wildman–Crippen MR) is 217 cm³/mol. The summed E-state index contributed by atoms with van der Waals surface area (Å²) in [5.74, 6) is 0. The number of thiophene rings is 1. The van der Waals surface area contributed by atoms with Gasteiger partial charge in [-0.1, -0.05) is 158 Å². The lowest BCUT2D eigenvalue weighted by Crippen LogP contribution is -2.28. The van der Waals surface area contributed by atoms with Crippen molar-refractivity contribution in [3.05, 3.63) is 222 Å². The third-order valence-corrected chi connectivity index (χ3v) is 11.7.